The number of rotatable bonds is 7. The molecule has 0 bridgehead atoms. The fraction of sp³-hybridized carbons (Fsp3) is 0.222. The van der Waals surface area contributed by atoms with E-state index in [0.29, 0.717) is 29.4 Å². The Morgan fingerprint density at radius 3 is 2.43 bits per heavy atom. The van der Waals surface area contributed by atoms with Crippen LogP contribution in [-0.2, 0) is 0 Å². The maximum atomic E-state index is 12.1. The zero-order valence-electron chi connectivity index (χ0n) is 13.4. The molecule has 120 valence electrons. The quantitative estimate of drug-likeness (QED) is 0.579. The van der Waals surface area contributed by atoms with Gasteiger partial charge in [-0.1, -0.05) is 6.08 Å². The second-order valence-corrected chi connectivity index (χ2v) is 4.62. The zero-order chi connectivity index (χ0) is 16.7. The van der Waals surface area contributed by atoms with Crippen LogP contribution in [0.5, 0.6) is 17.2 Å². The van der Waals surface area contributed by atoms with E-state index >= 15 is 0 Å². The molecule has 1 aromatic heterocycles. The molecule has 0 N–H and O–H groups in total. The normalized spacial score (nSPS) is 10.6. The minimum absolute atomic E-state index is 0.0971. The molecule has 0 fully saturated rings. The number of ketones is 1. The van der Waals surface area contributed by atoms with E-state index in [1.807, 2.05) is 6.92 Å². The molecule has 0 saturated heterocycles. The van der Waals surface area contributed by atoms with Crippen molar-refractivity contribution in [1.82, 2.24) is 4.98 Å². The summed E-state index contributed by atoms with van der Waals surface area (Å²) in [6, 6.07) is 6.94. The van der Waals surface area contributed by atoms with Crippen LogP contribution in [0, 0.1) is 0 Å². The molecule has 0 atom stereocenters. The van der Waals surface area contributed by atoms with Gasteiger partial charge in [0.25, 0.3) is 0 Å². The highest BCUT2D eigenvalue weighted by atomic mass is 16.5. The van der Waals surface area contributed by atoms with Crippen LogP contribution in [0.2, 0.25) is 0 Å². The summed E-state index contributed by atoms with van der Waals surface area (Å²) in [5, 5.41) is 0. The maximum absolute atomic E-state index is 12.1. The summed E-state index contributed by atoms with van der Waals surface area (Å²) < 4.78 is 16.2. The molecule has 0 aliphatic rings. The highest BCUT2D eigenvalue weighted by Gasteiger charge is 2.12. The van der Waals surface area contributed by atoms with Gasteiger partial charge in [-0.3, -0.25) is 9.78 Å². The molecule has 0 unspecified atom stereocenters. The predicted molar refractivity (Wildman–Crippen MR) is 88.3 cm³/mol. The number of aromatic nitrogens is 1. The lowest BCUT2D eigenvalue weighted by atomic mass is 10.1. The van der Waals surface area contributed by atoms with E-state index in [1.165, 1.54) is 6.08 Å². The van der Waals surface area contributed by atoms with Crippen molar-refractivity contribution >= 4 is 11.9 Å². The van der Waals surface area contributed by atoms with Gasteiger partial charge < -0.3 is 14.2 Å². The van der Waals surface area contributed by atoms with Gasteiger partial charge in [0.05, 0.1) is 20.8 Å². The van der Waals surface area contributed by atoms with Gasteiger partial charge in [-0.05, 0) is 42.8 Å². The third kappa shape index (κ3) is 4.10. The molecule has 5 nitrogen and oxygen atoms in total. The molecule has 0 spiro atoms. The number of methoxy groups -OCH3 is 2. The Hall–Kier alpha value is -2.82. The lowest BCUT2D eigenvalue weighted by Crippen LogP contribution is -1.99. The molecule has 23 heavy (non-hydrogen) atoms. The summed E-state index contributed by atoms with van der Waals surface area (Å²) in [6.07, 6.45) is 6.40. The summed E-state index contributed by atoms with van der Waals surface area (Å²) >= 11 is 0. The number of carbonyl (C=O) groups is 1. The van der Waals surface area contributed by atoms with Crippen molar-refractivity contribution in [2.45, 2.75) is 6.92 Å². The van der Waals surface area contributed by atoms with E-state index in [4.69, 9.17) is 14.2 Å². The molecule has 5 heteroatoms. The summed E-state index contributed by atoms with van der Waals surface area (Å²) in [4.78, 5) is 16.0. The predicted octanol–water partition coefficient (Wildman–Crippen LogP) is 3.39. The first-order valence-corrected chi connectivity index (χ1v) is 7.20. The Bertz CT molecular complexity index is 696. The van der Waals surface area contributed by atoms with Crippen molar-refractivity contribution in [3.8, 4) is 17.2 Å². The molecule has 0 radical (unpaired) electrons. The Morgan fingerprint density at radius 1 is 1.13 bits per heavy atom. The van der Waals surface area contributed by atoms with Crippen molar-refractivity contribution in [1.29, 1.82) is 0 Å². The summed E-state index contributed by atoms with van der Waals surface area (Å²) in [6.45, 7) is 2.39. The third-order valence-electron chi connectivity index (χ3n) is 3.16. The van der Waals surface area contributed by atoms with Gasteiger partial charge in [0.15, 0.2) is 17.3 Å². The Morgan fingerprint density at radius 2 is 1.83 bits per heavy atom. The fourth-order valence-electron chi connectivity index (χ4n) is 2.09. The molecule has 2 rings (SSSR count). The fourth-order valence-corrected chi connectivity index (χ4v) is 2.09. The van der Waals surface area contributed by atoms with Crippen LogP contribution < -0.4 is 14.2 Å². The minimum atomic E-state index is -0.0971. The SMILES string of the molecule is CCOc1cc(/C=C/C(=O)c2ccncc2)cc(OC)c1OC. The summed E-state index contributed by atoms with van der Waals surface area (Å²) in [7, 11) is 3.12. The Balaban J connectivity index is 2.30. The number of carbonyl (C=O) groups excluding carboxylic acids is 1. The van der Waals surface area contributed by atoms with Gasteiger partial charge in [0.1, 0.15) is 0 Å². The molecule has 0 aliphatic heterocycles. The topological polar surface area (TPSA) is 57.7 Å². The van der Waals surface area contributed by atoms with Gasteiger partial charge in [-0.25, -0.2) is 0 Å². The van der Waals surface area contributed by atoms with Crippen molar-refractivity contribution in [3.63, 3.8) is 0 Å². The highest BCUT2D eigenvalue weighted by Crippen LogP contribution is 2.38. The van der Waals surface area contributed by atoms with Crippen LogP contribution in [0.1, 0.15) is 22.8 Å². The van der Waals surface area contributed by atoms with Crippen LogP contribution in [0.4, 0.5) is 0 Å². The molecule has 0 saturated carbocycles. The van der Waals surface area contributed by atoms with E-state index in [1.54, 1.807) is 57.0 Å². The maximum Gasteiger partial charge on any atom is 0.203 e. The largest absolute Gasteiger partial charge is 0.493 e. The van der Waals surface area contributed by atoms with Crippen molar-refractivity contribution in [2.75, 3.05) is 20.8 Å². The van der Waals surface area contributed by atoms with Gasteiger partial charge in [-0.15, -0.1) is 0 Å². The number of hydrogen-bond donors (Lipinski definition) is 0. The summed E-state index contributed by atoms with van der Waals surface area (Å²) in [5.74, 6) is 1.56. The zero-order valence-corrected chi connectivity index (χ0v) is 13.4. The lowest BCUT2D eigenvalue weighted by Gasteiger charge is -2.14. The number of pyridine rings is 1. The second-order valence-electron chi connectivity index (χ2n) is 4.62. The van der Waals surface area contributed by atoms with Crippen molar-refractivity contribution in [2.24, 2.45) is 0 Å². The van der Waals surface area contributed by atoms with Crippen molar-refractivity contribution in [3.05, 3.63) is 53.9 Å². The highest BCUT2D eigenvalue weighted by molar-refractivity contribution is 6.06. The van der Waals surface area contributed by atoms with Gasteiger partial charge in [-0.2, -0.15) is 0 Å². The van der Waals surface area contributed by atoms with Crippen LogP contribution >= 0.6 is 0 Å². The van der Waals surface area contributed by atoms with E-state index in [9.17, 15) is 4.79 Å². The monoisotopic (exact) mass is 313 g/mol. The van der Waals surface area contributed by atoms with E-state index in [-0.39, 0.29) is 5.78 Å². The third-order valence-corrected chi connectivity index (χ3v) is 3.16. The average molecular weight is 313 g/mol. The van der Waals surface area contributed by atoms with Crippen LogP contribution in [0.15, 0.2) is 42.7 Å². The first-order chi connectivity index (χ1) is 11.2. The van der Waals surface area contributed by atoms with Gasteiger partial charge in [0, 0.05) is 18.0 Å². The van der Waals surface area contributed by atoms with Crippen molar-refractivity contribution < 1.29 is 19.0 Å². The Kier molecular flexibility index (Phi) is 5.74. The second kappa shape index (κ2) is 7.98. The Labute approximate surface area is 135 Å². The lowest BCUT2D eigenvalue weighted by molar-refractivity contribution is 0.104. The molecule has 1 heterocycles. The molecule has 1 aromatic carbocycles. The number of benzene rings is 1. The summed E-state index contributed by atoms with van der Waals surface area (Å²) in [5.41, 5.74) is 1.37. The van der Waals surface area contributed by atoms with E-state index < -0.39 is 0 Å². The molecular formula is C18H19NO4. The molecule has 2 aromatic rings. The van der Waals surface area contributed by atoms with Gasteiger partial charge >= 0.3 is 0 Å². The molecule has 0 amide bonds. The van der Waals surface area contributed by atoms with E-state index in [2.05, 4.69) is 4.98 Å². The number of nitrogens with zero attached hydrogens (tertiary/aromatic N) is 1. The standard InChI is InChI=1S/C18H19NO4/c1-4-23-17-12-13(11-16(21-2)18(17)22-3)5-6-15(20)14-7-9-19-10-8-14/h5-12H,4H2,1-3H3/b6-5+. The van der Waals surface area contributed by atoms with E-state index in [0.717, 1.165) is 5.56 Å². The average Bonchev–Trinajstić information content (AvgIpc) is 2.60. The molecular weight excluding hydrogens is 294 g/mol. The van der Waals surface area contributed by atoms with Crippen LogP contribution in [0.3, 0.4) is 0 Å². The number of ether oxygens (including phenoxy) is 3. The van der Waals surface area contributed by atoms with Gasteiger partial charge in [0.2, 0.25) is 5.75 Å². The smallest absolute Gasteiger partial charge is 0.203 e. The first kappa shape index (κ1) is 16.5. The van der Waals surface area contributed by atoms with Crippen LogP contribution in [-0.4, -0.2) is 31.6 Å². The first-order valence-electron chi connectivity index (χ1n) is 7.20. The number of allylic oxidation sites excluding steroid dienone is 1. The molecule has 0 aliphatic carbocycles. The minimum Gasteiger partial charge on any atom is -0.493 e. The van der Waals surface area contributed by atoms with Crippen LogP contribution in [0.25, 0.3) is 6.08 Å². The number of hydrogen-bond acceptors (Lipinski definition) is 5.